The summed E-state index contributed by atoms with van der Waals surface area (Å²) in [5.74, 6) is 7.04. The van der Waals surface area contributed by atoms with Crippen molar-refractivity contribution in [2.45, 2.75) is 38.8 Å². The molecule has 0 saturated heterocycles. The molecular weight excluding hydrogens is 274 g/mol. The lowest BCUT2D eigenvalue weighted by Crippen LogP contribution is -2.36. The van der Waals surface area contributed by atoms with Crippen LogP contribution in [-0.4, -0.2) is 35.3 Å². The number of hydrogen-bond acceptors (Lipinski definition) is 4. The summed E-state index contributed by atoms with van der Waals surface area (Å²) in [6.45, 7) is 4.06. The largest absolute Gasteiger partial charge is 0.308 e. The minimum atomic E-state index is 0.0877. The second-order valence-electron chi connectivity index (χ2n) is 6.12. The van der Waals surface area contributed by atoms with E-state index >= 15 is 0 Å². The number of aromatic nitrogens is 2. The highest BCUT2D eigenvalue weighted by molar-refractivity contribution is 6.31. The average Bonchev–Trinajstić information content (AvgIpc) is 2.97. The van der Waals surface area contributed by atoms with Gasteiger partial charge in [-0.3, -0.25) is 16.0 Å². The Morgan fingerprint density at radius 2 is 2.30 bits per heavy atom. The van der Waals surface area contributed by atoms with Crippen molar-refractivity contribution in [2.75, 3.05) is 20.6 Å². The van der Waals surface area contributed by atoms with Crippen molar-refractivity contribution < 1.29 is 0 Å². The number of halogens is 1. The summed E-state index contributed by atoms with van der Waals surface area (Å²) in [6.07, 6.45) is 5.47. The van der Waals surface area contributed by atoms with Crippen LogP contribution in [-0.2, 0) is 6.54 Å². The highest BCUT2D eigenvalue weighted by Crippen LogP contribution is 2.41. The van der Waals surface area contributed by atoms with Gasteiger partial charge in [-0.1, -0.05) is 31.4 Å². The molecule has 3 atom stereocenters. The summed E-state index contributed by atoms with van der Waals surface area (Å²) in [5, 5.41) is 5.13. The molecule has 2 rings (SSSR count). The number of nitrogens with one attached hydrogen (secondary N) is 1. The fraction of sp³-hybridized carbons (Fsp3) is 0.786. The van der Waals surface area contributed by atoms with Gasteiger partial charge in [0, 0.05) is 6.54 Å². The number of hydrogen-bond donors (Lipinski definition) is 2. The van der Waals surface area contributed by atoms with E-state index in [1.807, 2.05) is 4.68 Å². The third kappa shape index (κ3) is 3.34. The predicted octanol–water partition coefficient (Wildman–Crippen LogP) is 2.04. The van der Waals surface area contributed by atoms with Crippen molar-refractivity contribution in [1.29, 1.82) is 0 Å². The van der Waals surface area contributed by atoms with Crippen molar-refractivity contribution in [3.05, 3.63) is 16.9 Å². The lowest BCUT2D eigenvalue weighted by Gasteiger charge is -2.27. The van der Waals surface area contributed by atoms with Crippen LogP contribution in [0.2, 0.25) is 5.02 Å². The van der Waals surface area contributed by atoms with Gasteiger partial charge in [0.1, 0.15) is 0 Å². The molecule has 0 bridgehead atoms. The summed E-state index contributed by atoms with van der Waals surface area (Å²) in [7, 11) is 4.12. The molecule has 3 N–H and O–H groups in total. The second-order valence-corrected chi connectivity index (χ2v) is 6.53. The van der Waals surface area contributed by atoms with Gasteiger partial charge in [-0.2, -0.15) is 5.10 Å². The quantitative estimate of drug-likeness (QED) is 0.623. The molecule has 114 valence electrons. The van der Waals surface area contributed by atoms with Gasteiger partial charge in [0.25, 0.3) is 0 Å². The van der Waals surface area contributed by atoms with E-state index in [1.165, 1.54) is 19.3 Å². The van der Waals surface area contributed by atoms with Crippen LogP contribution in [0.3, 0.4) is 0 Å². The van der Waals surface area contributed by atoms with Gasteiger partial charge < -0.3 is 4.90 Å². The van der Waals surface area contributed by atoms with Crippen molar-refractivity contribution >= 4 is 11.6 Å². The van der Waals surface area contributed by atoms with Gasteiger partial charge >= 0.3 is 0 Å². The maximum absolute atomic E-state index is 6.37. The summed E-state index contributed by atoms with van der Waals surface area (Å²) in [6, 6.07) is 0.0877. The molecule has 0 radical (unpaired) electrons. The molecule has 5 nitrogen and oxygen atoms in total. The van der Waals surface area contributed by atoms with Crippen molar-refractivity contribution in [2.24, 2.45) is 17.7 Å². The third-order valence-corrected chi connectivity index (χ3v) is 4.71. The minimum absolute atomic E-state index is 0.0877. The molecule has 1 heterocycles. The van der Waals surface area contributed by atoms with Crippen molar-refractivity contribution in [1.82, 2.24) is 20.1 Å². The first-order chi connectivity index (χ1) is 9.54. The molecule has 1 aromatic heterocycles. The zero-order valence-electron chi connectivity index (χ0n) is 12.6. The summed E-state index contributed by atoms with van der Waals surface area (Å²) >= 11 is 6.37. The zero-order chi connectivity index (χ0) is 14.7. The molecule has 1 saturated carbocycles. The van der Waals surface area contributed by atoms with E-state index in [-0.39, 0.29) is 6.04 Å². The Morgan fingerprint density at radius 1 is 1.55 bits per heavy atom. The lowest BCUT2D eigenvalue weighted by atomic mass is 9.88. The number of hydrazine groups is 1. The molecule has 0 spiro atoms. The third-order valence-electron chi connectivity index (χ3n) is 4.42. The Labute approximate surface area is 126 Å². The minimum Gasteiger partial charge on any atom is -0.308 e. The van der Waals surface area contributed by atoms with E-state index in [1.54, 1.807) is 6.20 Å². The molecule has 0 aliphatic heterocycles. The summed E-state index contributed by atoms with van der Waals surface area (Å²) < 4.78 is 2.00. The molecule has 6 heteroatoms. The zero-order valence-corrected chi connectivity index (χ0v) is 13.4. The van der Waals surface area contributed by atoms with Gasteiger partial charge in [-0.15, -0.1) is 0 Å². The first-order valence-electron chi connectivity index (χ1n) is 7.36. The van der Waals surface area contributed by atoms with Gasteiger partial charge in [0.15, 0.2) is 0 Å². The summed E-state index contributed by atoms with van der Waals surface area (Å²) in [4.78, 5) is 2.14. The molecule has 1 fully saturated rings. The Hall–Kier alpha value is -0.620. The highest BCUT2D eigenvalue weighted by atomic mass is 35.5. The van der Waals surface area contributed by atoms with Crippen LogP contribution in [0.25, 0.3) is 0 Å². The van der Waals surface area contributed by atoms with E-state index in [2.05, 4.69) is 36.4 Å². The van der Waals surface area contributed by atoms with Crippen LogP contribution in [0.15, 0.2) is 6.20 Å². The molecule has 20 heavy (non-hydrogen) atoms. The Morgan fingerprint density at radius 3 is 2.85 bits per heavy atom. The highest BCUT2D eigenvalue weighted by Gasteiger charge is 2.34. The van der Waals surface area contributed by atoms with Gasteiger partial charge in [0.2, 0.25) is 0 Å². The second kappa shape index (κ2) is 6.89. The molecule has 0 aromatic carbocycles. The van der Waals surface area contributed by atoms with Crippen LogP contribution in [0.4, 0.5) is 0 Å². The maximum Gasteiger partial charge on any atom is 0.0834 e. The summed E-state index contributed by atoms with van der Waals surface area (Å²) in [5.41, 5.74) is 4.02. The van der Waals surface area contributed by atoms with Crippen molar-refractivity contribution in [3.8, 4) is 0 Å². The molecule has 1 aliphatic rings. The maximum atomic E-state index is 6.37. The number of nitrogens with two attached hydrogens (primary N) is 1. The normalized spacial score (nSPS) is 24.5. The van der Waals surface area contributed by atoms with E-state index in [4.69, 9.17) is 17.4 Å². The fourth-order valence-electron chi connectivity index (χ4n) is 3.23. The topological polar surface area (TPSA) is 59.1 Å². The number of nitrogens with zero attached hydrogens (tertiary/aromatic N) is 3. The monoisotopic (exact) mass is 299 g/mol. The predicted molar refractivity (Wildman–Crippen MR) is 82.4 cm³/mol. The number of rotatable bonds is 6. The SMILES string of the molecule is CC1CCCC1C(NN)c1c(Cl)cnn1CCN(C)C. The number of likely N-dealkylation sites (N-methyl/N-ethyl adjacent to an activating group) is 1. The van der Waals surface area contributed by atoms with Crippen LogP contribution in [0.1, 0.15) is 37.9 Å². The molecule has 3 unspecified atom stereocenters. The van der Waals surface area contributed by atoms with Crippen molar-refractivity contribution in [3.63, 3.8) is 0 Å². The van der Waals surface area contributed by atoms with E-state index in [9.17, 15) is 0 Å². The average molecular weight is 300 g/mol. The van der Waals surface area contributed by atoms with Crippen LogP contribution >= 0.6 is 11.6 Å². The van der Waals surface area contributed by atoms with Gasteiger partial charge in [0.05, 0.1) is 29.5 Å². The van der Waals surface area contributed by atoms with E-state index in [0.29, 0.717) is 16.9 Å². The van der Waals surface area contributed by atoms with Gasteiger partial charge in [-0.25, -0.2) is 0 Å². The molecule has 1 aliphatic carbocycles. The lowest BCUT2D eigenvalue weighted by molar-refractivity contribution is 0.284. The first kappa shape index (κ1) is 15.8. The molecular formula is C14H26ClN5. The first-order valence-corrected chi connectivity index (χ1v) is 7.74. The Bertz CT molecular complexity index is 431. The van der Waals surface area contributed by atoms with Crippen LogP contribution < -0.4 is 11.3 Å². The van der Waals surface area contributed by atoms with Crippen LogP contribution in [0, 0.1) is 11.8 Å². The fourth-order valence-corrected chi connectivity index (χ4v) is 3.49. The van der Waals surface area contributed by atoms with E-state index in [0.717, 1.165) is 18.8 Å². The Kier molecular flexibility index (Phi) is 5.43. The molecule has 1 aromatic rings. The standard InChI is InChI=1S/C14H26ClN5/c1-10-5-4-6-11(10)13(18-16)14-12(15)9-17-20(14)8-7-19(2)3/h9-11,13,18H,4-8,16H2,1-3H3. The van der Waals surface area contributed by atoms with Crippen LogP contribution in [0.5, 0.6) is 0 Å². The molecule has 0 amide bonds. The Balaban J connectivity index is 2.22. The van der Waals surface area contributed by atoms with E-state index < -0.39 is 0 Å². The smallest absolute Gasteiger partial charge is 0.0834 e. The van der Waals surface area contributed by atoms with Gasteiger partial charge in [-0.05, 0) is 32.4 Å².